The van der Waals surface area contributed by atoms with Gasteiger partial charge in [0.1, 0.15) is 12.4 Å². The second-order valence-electron chi connectivity index (χ2n) is 7.55. The Morgan fingerprint density at radius 3 is 2.10 bits per heavy atom. The van der Waals surface area contributed by atoms with Crippen molar-refractivity contribution in [3.8, 4) is 16.9 Å². The first-order chi connectivity index (χ1) is 13.9. The fourth-order valence-corrected chi connectivity index (χ4v) is 3.82. The topological polar surface area (TPSA) is 12.5 Å². The van der Waals surface area contributed by atoms with E-state index in [1.807, 2.05) is 12.1 Å². The molecule has 2 nitrogen and oxygen atoms in total. The molecule has 0 atom stereocenters. The molecule has 29 heavy (non-hydrogen) atoms. The lowest BCUT2D eigenvalue weighted by Gasteiger charge is -2.33. The molecule has 156 valence electrons. The highest BCUT2D eigenvalue weighted by Crippen LogP contribution is 2.29. The van der Waals surface area contributed by atoms with Crippen molar-refractivity contribution < 1.29 is 17.9 Å². The fourth-order valence-electron chi connectivity index (χ4n) is 3.82. The standard InChI is InChI=1S/C24H28F3NO/c1-2-4-19-13-16-28(17-14-19)22-9-5-20(6-10-22)21-7-11-23(12-8-21)29-18-3-15-24(25,26)27/h3,5-12,15,19H,2,4,13-14,16-18H2,1H3/b15-3+. The first-order valence-electron chi connectivity index (χ1n) is 10.3. The number of allylic oxidation sites excluding steroid dienone is 1. The Morgan fingerprint density at radius 1 is 0.966 bits per heavy atom. The van der Waals surface area contributed by atoms with E-state index in [2.05, 4.69) is 36.1 Å². The largest absolute Gasteiger partial charge is 0.490 e. The van der Waals surface area contributed by atoms with Gasteiger partial charge in [0.2, 0.25) is 0 Å². The summed E-state index contributed by atoms with van der Waals surface area (Å²) in [5.74, 6) is 1.42. The number of anilines is 1. The maximum Gasteiger partial charge on any atom is 0.409 e. The van der Waals surface area contributed by atoms with Crippen LogP contribution in [0.2, 0.25) is 0 Å². The van der Waals surface area contributed by atoms with Crippen molar-refractivity contribution >= 4 is 5.69 Å². The van der Waals surface area contributed by atoms with Crippen LogP contribution in [0.3, 0.4) is 0 Å². The lowest BCUT2D eigenvalue weighted by molar-refractivity contribution is -0.0801. The van der Waals surface area contributed by atoms with Crippen molar-refractivity contribution in [1.29, 1.82) is 0 Å². The number of halogens is 3. The molecule has 0 spiro atoms. The molecular formula is C24H28F3NO. The normalized spacial score (nSPS) is 15.8. The van der Waals surface area contributed by atoms with Crippen LogP contribution in [0.1, 0.15) is 32.6 Å². The molecule has 0 unspecified atom stereocenters. The van der Waals surface area contributed by atoms with Gasteiger partial charge in [-0.3, -0.25) is 0 Å². The molecule has 2 aromatic carbocycles. The van der Waals surface area contributed by atoms with Gasteiger partial charge in [-0.05, 0) is 60.2 Å². The smallest absolute Gasteiger partial charge is 0.409 e. The SMILES string of the molecule is CCCC1CCN(c2ccc(-c3ccc(OC/C=C/C(F)(F)F)cc3)cc2)CC1. The molecule has 1 fully saturated rings. The predicted octanol–water partition coefficient (Wildman–Crippen LogP) is 6.87. The van der Waals surface area contributed by atoms with E-state index in [0.717, 1.165) is 36.2 Å². The number of alkyl halides is 3. The molecule has 0 saturated carbocycles. The first-order valence-corrected chi connectivity index (χ1v) is 10.3. The van der Waals surface area contributed by atoms with Crippen LogP contribution in [0, 0.1) is 5.92 Å². The average Bonchev–Trinajstić information content (AvgIpc) is 2.72. The van der Waals surface area contributed by atoms with Crippen LogP contribution in [0.25, 0.3) is 11.1 Å². The summed E-state index contributed by atoms with van der Waals surface area (Å²) in [6.07, 6.45) is 2.01. The van der Waals surface area contributed by atoms with Gasteiger partial charge in [0.25, 0.3) is 0 Å². The van der Waals surface area contributed by atoms with Gasteiger partial charge >= 0.3 is 6.18 Å². The summed E-state index contributed by atoms with van der Waals surface area (Å²) in [5.41, 5.74) is 3.43. The third-order valence-corrected chi connectivity index (χ3v) is 5.38. The van der Waals surface area contributed by atoms with E-state index in [9.17, 15) is 13.2 Å². The molecule has 3 rings (SSSR count). The Kier molecular flexibility index (Phi) is 7.24. The molecule has 2 aromatic rings. The van der Waals surface area contributed by atoms with Crippen LogP contribution in [0.5, 0.6) is 5.75 Å². The van der Waals surface area contributed by atoms with Crippen LogP contribution in [-0.2, 0) is 0 Å². The van der Waals surface area contributed by atoms with E-state index in [-0.39, 0.29) is 12.7 Å². The minimum atomic E-state index is -4.30. The van der Waals surface area contributed by atoms with Gasteiger partial charge in [-0.2, -0.15) is 13.2 Å². The number of ether oxygens (including phenoxy) is 1. The van der Waals surface area contributed by atoms with Crippen LogP contribution in [-0.4, -0.2) is 25.9 Å². The minimum Gasteiger partial charge on any atom is -0.490 e. The van der Waals surface area contributed by atoms with E-state index in [0.29, 0.717) is 5.75 Å². The van der Waals surface area contributed by atoms with Crippen molar-refractivity contribution in [3.05, 3.63) is 60.7 Å². The van der Waals surface area contributed by atoms with Crippen molar-refractivity contribution in [2.75, 3.05) is 24.6 Å². The van der Waals surface area contributed by atoms with Gasteiger partial charge in [0.15, 0.2) is 0 Å². The lowest BCUT2D eigenvalue weighted by atomic mass is 9.92. The molecule has 0 radical (unpaired) electrons. The van der Waals surface area contributed by atoms with Gasteiger partial charge in [0, 0.05) is 24.9 Å². The van der Waals surface area contributed by atoms with E-state index in [1.165, 1.54) is 31.4 Å². The molecule has 0 aliphatic carbocycles. The highest BCUT2D eigenvalue weighted by atomic mass is 19.4. The summed E-state index contributed by atoms with van der Waals surface area (Å²) in [4.78, 5) is 2.46. The molecule has 5 heteroatoms. The zero-order valence-electron chi connectivity index (χ0n) is 16.8. The molecule has 1 aliphatic heterocycles. The molecule has 0 N–H and O–H groups in total. The number of piperidine rings is 1. The highest BCUT2D eigenvalue weighted by molar-refractivity contribution is 5.67. The van der Waals surface area contributed by atoms with Gasteiger partial charge in [0.05, 0.1) is 0 Å². The van der Waals surface area contributed by atoms with Crippen molar-refractivity contribution in [2.24, 2.45) is 5.92 Å². The first kappa shape index (κ1) is 21.3. The zero-order chi connectivity index (χ0) is 20.7. The van der Waals surface area contributed by atoms with Crippen molar-refractivity contribution in [3.63, 3.8) is 0 Å². The van der Waals surface area contributed by atoms with E-state index >= 15 is 0 Å². The Bertz CT molecular complexity index is 773. The van der Waals surface area contributed by atoms with E-state index in [1.54, 1.807) is 12.1 Å². The second-order valence-corrected chi connectivity index (χ2v) is 7.55. The monoisotopic (exact) mass is 403 g/mol. The third kappa shape index (κ3) is 6.55. The number of hydrogen-bond acceptors (Lipinski definition) is 2. The molecule has 0 bridgehead atoms. The van der Waals surface area contributed by atoms with Crippen LogP contribution >= 0.6 is 0 Å². The zero-order valence-corrected chi connectivity index (χ0v) is 16.8. The number of nitrogens with zero attached hydrogens (tertiary/aromatic N) is 1. The predicted molar refractivity (Wildman–Crippen MR) is 112 cm³/mol. The Balaban J connectivity index is 1.54. The Labute approximate surface area is 171 Å². The second kappa shape index (κ2) is 9.86. The molecule has 0 amide bonds. The number of benzene rings is 2. The Hall–Kier alpha value is -2.43. The van der Waals surface area contributed by atoms with E-state index in [4.69, 9.17) is 4.74 Å². The third-order valence-electron chi connectivity index (χ3n) is 5.38. The van der Waals surface area contributed by atoms with E-state index < -0.39 is 6.18 Å². The summed E-state index contributed by atoms with van der Waals surface area (Å²) in [6, 6.07) is 16.0. The molecule has 1 heterocycles. The molecule has 0 aromatic heterocycles. The minimum absolute atomic E-state index is 0.109. The average molecular weight is 403 g/mol. The van der Waals surface area contributed by atoms with Gasteiger partial charge in [-0.25, -0.2) is 0 Å². The maximum atomic E-state index is 12.1. The van der Waals surface area contributed by atoms with Crippen LogP contribution < -0.4 is 9.64 Å². The Morgan fingerprint density at radius 2 is 1.55 bits per heavy atom. The lowest BCUT2D eigenvalue weighted by Crippen LogP contribution is -2.33. The molecular weight excluding hydrogens is 375 g/mol. The summed E-state index contributed by atoms with van der Waals surface area (Å²) >= 11 is 0. The highest BCUT2D eigenvalue weighted by Gasteiger charge is 2.21. The maximum absolute atomic E-state index is 12.1. The van der Waals surface area contributed by atoms with Crippen LogP contribution in [0.15, 0.2) is 60.7 Å². The molecule has 1 aliphatic rings. The van der Waals surface area contributed by atoms with Gasteiger partial charge in [-0.15, -0.1) is 0 Å². The summed E-state index contributed by atoms with van der Waals surface area (Å²) in [6.45, 7) is 4.40. The van der Waals surface area contributed by atoms with Crippen molar-refractivity contribution in [2.45, 2.75) is 38.8 Å². The summed E-state index contributed by atoms with van der Waals surface area (Å²) in [7, 11) is 0. The van der Waals surface area contributed by atoms with Crippen LogP contribution in [0.4, 0.5) is 18.9 Å². The molecule has 1 saturated heterocycles. The summed E-state index contributed by atoms with van der Waals surface area (Å²) < 4.78 is 41.5. The quantitative estimate of drug-likeness (QED) is 0.468. The summed E-state index contributed by atoms with van der Waals surface area (Å²) in [5, 5.41) is 0. The number of rotatable bonds is 7. The fraction of sp³-hybridized carbons (Fsp3) is 0.417. The van der Waals surface area contributed by atoms with Crippen molar-refractivity contribution in [1.82, 2.24) is 0 Å². The number of hydrogen-bond donors (Lipinski definition) is 0. The van der Waals surface area contributed by atoms with Gasteiger partial charge < -0.3 is 9.64 Å². The van der Waals surface area contributed by atoms with Gasteiger partial charge in [-0.1, -0.05) is 44.0 Å².